The molecule has 2 aromatic heterocycles. The third kappa shape index (κ3) is 1.78. The molecule has 0 saturated carbocycles. The molecule has 4 nitrogen and oxygen atoms in total. The van der Waals surface area contributed by atoms with Crippen LogP contribution in [0.1, 0.15) is 0 Å². The Morgan fingerprint density at radius 1 is 1.11 bits per heavy atom. The van der Waals surface area contributed by atoms with Crippen molar-refractivity contribution in [3.05, 3.63) is 48.9 Å². The molecule has 0 radical (unpaired) electrons. The van der Waals surface area contributed by atoms with Crippen molar-refractivity contribution in [2.75, 3.05) is 7.11 Å². The second-order valence-corrected chi connectivity index (χ2v) is 3.83. The van der Waals surface area contributed by atoms with Gasteiger partial charge in [0.25, 0.3) is 0 Å². The zero-order valence-corrected chi connectivity index (χ0v) is 9.87. The number of rotatable bonds is 2. The Hall–Kier alpha value is -2.49. The number of hydrogen-bond acceptors (Lipinski definition) is 4. The minimum Gasteiger partial charge on any atom is -0.480 e. The Bertz CT molecular complexity index is 683. The van der Waals surface area contributed by atoms with Gasteiger partial charge < -0.3 is 4.74 Å². The van der Waals surface area contributed by atoms with E-state index in [0.29, 0.717) is 5.88 Å². The van der Waals surface area contributed by atoms with Gasteiger partial charge in [0, 0.05) is 17.8 Å². The van der Waals surface area contributed by atoms with Crippen LogP contribution in [0, 0.1) is 0 Å². The Morgan fingerprint density at radius 3 is 2.78 bits per heavy atom. The maximum absolute atomic E-state index is 5.33. The molecule has 3 rings (SSSR count). The Kier molecular flexibility index (Phi) is 2.61. The van der Waals surface area contributed by atoms with E-state index < -0.39 is 0 Å². The van der Waals surface area contributed by atoms with Crippen LogP contribution in [-0.4, -0.2) is 22.1 Å². The SMILES string of the molecule is COc1nc2ccccc2cc1-c1cnccn1. The predicted octanol–water partition coefficient (Wildman–Crippen LogP) is 2.70. The highest BCUT2D eigenvalue weighted by molar-refractivity contribution is 5.85. The minimum atomic E-state index is 0.564. The van der Waals surface area contributed by atoms with Crippen LogP contribution >= 0.6 is 0 Å². The van der Waals surface area contributed by atoms with Crippen LogP contribution in [0.15, 0.2) is 48.9 Å². The summed E-state index contributed by atoms with van der Waals surface area (Å²) in [5.41, 5.74) is 2.51. The van der Waals surface area contributed by atoms with E-state index in [1.165, 1.54) is 0 Å². The van der Waals surface area contributed by atoms with Crippen molar-refractivity contribution in [1.82, 2.24) is 15.0 Å². The molecule has 0 spiro atoms. The monoisotopic (exact) mass is 237 g/mol. The standard InChI is InChI=1S/C14H11N3O/c1-18-14-11(13-9-15-6-7-16-13)8-10-4-2-3-5-12(10)17-14/h2-9H,1H3. The number of ether oxygens (including phenoxy) is 1. The minimum absolute atomic E-state index is 0.564. The number of nitrogens with zero attached hydrogens (tertiary/aromatic N) is 3. The number of fused-ring (bicyclic) bond motifs is 1. The fourth-order valence-electron chi connectivity index (χ4n) is 1.88. The van der Waals surface area contributed by atoms with E-state index in [9.17, 15) is 0 Å². The van der Waals surface area contributed by atoms with E-state index in [1.54, 1.807) is 25.7 Å². The third-order valence-electron chi connectivity index (χ3n) is 2.72. The Labute approximate surface area is 104 Å². The fraction of sp³-hybridized carbons (Fsp3) is 0.0714. The van der Waals surface area contributed by atoms with Gasteiger partial charge in [0.1, 0.15) is 0 Å². The lowest BCUT2D eigenvalue weighted by Gasteiger charge is -2.08. The topological polar surface area (TPSA) is 47.9 Å². The van der Waals surface area contributed by atoms with Crippen LogP contribution in [0.4, 0.5) is 0 Å². The summed E-state index contributed by atoms with van der Waals surface area (Å²) in [4.78, 5) is 12.8. The first-order valence-electron chi connectivity index (χ1n) is 5.58. The maximum Gasteiger partial charge on any atom is 0.223 e. The number of pyridine rings is 1. The van der Waals surface area contributed by atoms with Gasteiger partial charge >= 0.3 is 0 Å². The number of methoxy groups -OCH3 is 1. The average molecular weight is 237 g/mol. The van der Waals surface area contributed by atoms with Crippen molar-refractivity contribution >= 4 is 10.9 Å². The van der Waals surface area contributed by atoms with Gasteiger partial charge in [0.05, 0.1) is 30.1 Å². The van der Waals surface area contributed by atoms with Crippen molar-refractivity contribution in [2.45, 2.75) is 0 Å². The molecule has 0 bridgehead atoms. The van der Waals surface area contributed by atoms with E-state index in [2.05, 4.69) is 15.0 Å². The van der Waals surface area contributed by atoms with Crippen molar-refractivity contribution in [2.24, 2.45) is 0 Å². The molecule has 0 atom stereocenters. The summed E-state index contributed by atoms with van der Waals surface area (Å²) in [5, 5.41) is 1.05. The van der Waals surface area contributed by atoms with Crippen LogP contribution in [-0.2, 0) is 0 Å². The highest BCUT2D eigenvalue weighted by Gasteiger charge is 2.10. The van der Waals surface area contributed by atoms with Gasteiger partial charge in [-0.25, -0.2) is 4.98 Å². The van der Waals surface area contributed by atoms with E-state index in [0.717, 1.165) is 22.2 Å². The molecule has 18 heavy (non-hydrogen) atoms. The van der Waals surface area contributed by atoms with E-state index in [4.69, 9.17) is 4.74 Å². The molecular formula is C14H11N3O. The van der Waals surface area contributed by atoms with Crippen LogP contribution in [0.2, 0.25) is 0 Å². The lowest BCUT2D eigenvalue weighted by Crippen LogP contribution is -1.94. The van der Waals surface area contributed by atoms with Gasteiger partial charge in [0.2, 0.25) is 5.88 Å². The number of aromatic nitrogens is 3. The number of hydrogen-bond donors (Lipinski definition) is 0. The zero-order valence-electron chi connectivity index (χ0n) is 9.87. The first kappa shape index (κ1) is 10.7. The fourth-order valence-corrected chi connectivity index (χ4v) is 1.88. The summed E-state index contributed by atoms with van der Waals surface area (Å²) in [5.74, 6) is 0.564. The largest absolute Gasteiger partial charge is 0.480 e. The normalized spacial score (nSPS) is 10.5. The highest BCUT2D eigenvalue weighted by Crippen LogP contribution is 2.29. The molecule has 0 aliphatic carbocycles. The number of para-hydroxylation sites is 1. The summed E-state index contributed by atoms with van der Waals surface area (Å²) in [7, 11) is 1.61. The summed E-state index contributed by atoms with van der Waals surface area (Å²) >= 11 is 0. The molecule has 0 N–H and O–H groups in total. The maximum atomic E-state index is 5.33. The van der Waals surface area contributed by atoms with Crippen LogP contribution in [0.5, 0.6) is 5.88 Å². The lowest BCUT2D eigenvalue weighted by atomic mass is 10.1. The van der Waals surface area contributed by atoms with Crippen LogP contribution in [0.3, 0.4) is 0 Å². The molecule has 88 valence electrons. The van der Waals surface area contributed by atoms with E-state index in [-0.39, 0.29) is 0 Å². The van der Waals surface area contributed by atoms with Crippen molar-refractivity contribution in [3.8, 4) is 17.1 Å². The zero-order chi connectivity index (χ0) is 12.4. The quantitative estimate of drug-likeness (QED) is 0.687. The smallest absolute Gasteiger partial charge is 0.223 e. The van der Waals surface area contributed by atoms with E-state index >= 15 is 0 Å². The van der Waals surface area contributed by atoms with Crippen LogP contribution in [0.25, 0.3) is 22.2 Å². The molecule has 0 aliphatic heterocycles. The summed E-state index contributed by atoms with van der Waals surface area (Å²) in [6, 6.07) is 9.93. The molecule has 2 heterocycles. The van der Waals surface area contributed by atoms with Crippen molar-refractivity contribution < 1.29 is 4.74 Å². The third-order valence-corrected chi connectivity index (χ3v) is 2.72. The van der Waals surface area contributed by atoms with Crippen molar-refractivity contribution in [3.63, 3.8) is 0 Å². The summed E-state index contributed by atoms with van der Waals surface area (Å²) in [6.07, 6.45) is 5.00. The number of benzene rings is 1. The molecule has 0 amide bonds. The van der Waals surface area contributed by atoms with Gasteiger partial charge in [-0.1, -0.05) is 18.2 Å². The molecule has 4 heteroatoms. The van der Waals surface area contributed by atoms with Gasteiger partial charge in [0.15, 0.2) is 0 Å². The highest BCUT2D eigenvalue weighted by atomic mass is 16.5. The van der Waals surface area contributed by atoms with Crippen LogP contribution < -0.4 is 4.74 Å². The first-order chi connectivity index (χ1) is 8.88. The lowest BCUT2D eigenvalue weighted by molar-refractivity contribution is 0.401. The Balaban J connectivity index is 2.27. The molecule has 0 aliphatic rings. The molecule has 0 unspecified atom stereocenters. The molecule has 0 saturated heterocycles. The molecular weight excluding hydrogens is 226 g/mol. The first-order valence-corrected chi connectivity index (χ1v) is 5.58. The van der Waals surface area contributed by atoms with Gasteiger partial charge in [-0.15, -0.1) is 0 Å². The summed E-state index contributed by atoms with van der Waals surface area (Å²) < 4.78 is 5.33. The molecule has 3 aromatic rings. The van der Waals surface area contributed by atoms with Gasteiger partial charge in [-0.3, -0.25) is 9.97 Å². The Morgan fingerprint density at radius 2 is 2.00 bits per heavy atom. The second-order valence-electron chi connectivity index (χ2n) is 3.83. The average Bonchev–Trinajstić information content (AvgIpc) is 2.46. The second kappa shape index (κ2) is 4.41. The van der Waals surface area contributed by atoms with Crippen molar-refractivity contribution in [1.29, 1.82) is 0 Å². The van der Waals surface area contributed by atoms with Gasteiger partial charge in [-0.2, -0.15) is 0 Å². The van der Waals surface area contributed by atoms with Gasteiger partial charge in [-0.05, 0) is 12.1 Å². The predicted molar refractivity (Wildman–Crippen MR) is 69.3 cm³/mol. The molecule has 1 aromatic carbocycles. The van der Waals surface area contributed by atoms with E-state index in [1.807, 2.05) is 30.3 Å². The summed E-state index contributed by atoms with van der Waals surface area (Å²) in [6.45, 7) is 0. The molecule has 0 fully saturated rings.